The minimum Gasteiger partial charge on any atom is -0.481 e. The van der Waals surface area contributed by atoms with E-state index in [1.165, 1.54) is 0 Å². The van der Waals surface area contributed by atoms with Crippen molar-refractivity contribution >= 4 is 11.9 Å². The quantitative estimate of drug-likeness (QED) is 0.821. The number of carboxylic acids is 1. The molecule has 116 valence electrons. The molecule has 1 aromatic heterocycles. The summed E-state index contributed by atoms with van der Waals surface area (Å²) in [6.45, 7) is 1.75. The van der Waals surface area contributed by atoms with Gasteiger partial charge in [0.25, 0.3) is 0 Å². The average molecular weight is 301 g/mol. The highest BCUT2D eigenvalue weighted by Gasteiger charge is 2.20. The highest BCUT2D eigenvalue weighted by molar-refractivity contribution is 5.80. The zero-order valence-electron chi connectivity index (χ0n) is 12.3. The van der Waals surface area contributed by atoms with Gasteiger partial charge in [-0.1, -0.05) is 30.3 Å². The van der Waals surface area contributed by atoms with E-state index in [1.54, 1.807) is 30.1 Å². The molecule has 2 rings (SSSR count). The number of carboxylic acid groups (broad SMARTS) is 1. The van der Waals surface area contributed by atoms with Crippen LogP contribution in [0.5, 0.6) is 0 Å². The smallest absolute Gasteiger partial charge is 0.303 e. The Morgan fingerprint density at radius 2 is 2.00 bits per heavy atom. The lowest BCUT2D eigenvalue weighted by atomic mass is 10.0. The molecule has 0 bridgehead atoms. The van der Waals surface area contributed by atoms with Crippen LogP contribution in [0.25, 0.3) is 0 Å². The van der Waals surface area contributed by atoms with Gasteiger partial charge in [0.05, 0.1) is 6.04 Å². The molecule has 0 fully saturated rings. The molecule has 0 aliphatic rings. The van der Waals surface area contributed by atoms with Crippen LogP contribution in [0.15, 0.2) is 48.8 Å². The molecule has 0 aliphatic heterocycles. The average Bonchev–Trinajstić information content (AvgIpc) is 3.05. The topological polar surface area (TPSA) is 84.2 Å². The monoisotopic (exact) mass is 301 g/mol. The summed E-state index contributed by atoms with van der Waals surface area (Å²) in [7, 11) is 0. The van der Waals surface area contributed by atoms with Gasteiger partial charge in [-0.05, 0) is 25.0 Å². The van der Waals surface area contributed by atoms with E-state index < -0.39 is 12.0 Å². The third kappa shape index (κ3) is 4.18. The molecule has 1 heterocycles. The zero-order chi connectivity index (χ0) is 15.9. The molecule has 1 amide bonds. The van der Waals surface area contributed by atoms with Crippen molar-refractivity contribution in [3.8, 4) is 0 Å². The maximum atomic E-state index is 12.4. The fraction of sp³-hybridized carbons (Fsp3) is 0.312. The third-order valence-electron chi connectivity index (χ3n) is 3.47. The van der Waals surface area contributed by atoms with E-state index in [-0.39, 0.29) is 18.4 Å². The molecule has 6 nitrogen and oxygen atoms in total. The number of aromatic nitrogens is 2. The van der Waals surface area contributed by atoms with Crippen molar-refractivity contribution in [1.82, 2.24) is 15.1 Å². The molecule has 1 aromatic carbocycles. The van der Waals surface area contributed by atoms with Crippen LogP contribution in [-0.2, 0) is 9.59 Å². The second-order valence-electron chi connectivity index (χ2n) is 5.07. The van der Waals surface area contributed by atoms with Gasteiger partial charge < -0.3 is 10.4 Å². The van der Waals surface area contributed by atoms with E-state index in [9.17, 15) is 9.59 Å². The van der Waals surface area contributed by atoms with Crippen molar-refractivity contribution in [2.24, 2.45) is 0 Å². The summed E-state index contributed by atoms with van der Waals surface area (Å²) in [5.41, 5.74) is 0.893. The van der Waals surface area contributed by atoms with Crippen LogP contribution in [0, 0.1) is 0 Å². The zero-order valence-corrected chi connectivity index (χ0v) is 12.3. The van der Waals surface area contributed by atoms with Crippen LogP contribution < -0.4 is 5.32 Å². The molecule has 0 spiro atoms. The highest BCUT2D eigenvalue weighted by atomic mass is 16.4. The Kier molecular flexibility index (Phi) is 5.30. The third-order valence-corrected chi connectivity index (χ3v) is 3.47. The molecule has 6 heteroatoms. The second kappa shape index (κ2) is 7.40. The van der Waals surface area contributed by atoms with Crippen molar-refractivity contribution in [2.75, 3.05) is 0 Å². The Hall–Kier alpha value is -2.63. The first-order chi connectivity index (χ1) is 10.6. The Labute approximate surface area is 128 Å². The molecular weight excluding hydrogens is 282 g/mol. The van der Waals surface area contributed by atoms with Crippen LogP contribution in [-0.4, -0.2) is 26.8 Å². The first-order valence-electron chi connectivity index (χ1n) is 7.14. The summed E-state index contributed by atoms with van der Waals surface area (Å²) in [5, 5.41) is 15.8. The summed E-state index contributed by atoms with van der Waals surface area (Å²) >= 11 is 0. The minimum absolute atomic E-state index is 0.00398. The number of carbonyl (C=O) groups is 2. The summed E-state index contributed by atoms with van der Waals surface area (Å²) in [6, 6.07) is 10.3. The molecule has 2 unspecified atom stereocenters. The van der Waals surface area contributed by atoms with Crippen molar-refractivity contribution in [1.29, 1.82) is 0 Å². The minimum atomic E-state index is -0.879. The molecule has 0 aliphatic carbocycles. The molecule has 2 atom stereocenters. The predicted molar refractivity (Wildman–Crippen MR) is 81.1 cm³/mol. The number of nitrogens with one attached hydrogen (secondary N) is 1. The largest absolute Gasteiger partial charge is 0.481 e. The van der Waals surface area contributed by atoms with E-state index in [2.05, 4.69) is 10.4 Å². The summed E-state index contributed by atoms with van der Waals surface area (Å²) in [4.78, 5) is 23.2. The Balaban J connectivity index is 2.08. The van der Waals surface area contributed by atoms with Crippen LogP contribution in [0.2, 0.25) is 0 Å². The van der Waals surface area contributed by atoms with Crippen molar-refractivity contribution in [3.05, 3.63) is 54.4 Å². The van der Waals surface area contributed by atoms with Gasteiger partial charge in [-0.3, -0.25) is 14.3 Å². The van der Waals surface area contributed by atoms with Gasteiger partial charge in [0.2, 0.25) is 5.91 Å². The number of benzene rings is 1. The van der Waals surface area contributed by atoms with Crippen molar-refractivity contribution in [3.63, 3.8) is 0 Å². The van der Waals surface area contributed by atoms with Crippen LogP contribution in [0.4, 0.5) is 0 Å². The number of aliphatic carboxylic acids is 1. The molecular formula is C16H19N3O3. The van der Waals surface area contributed by atoms with E-state index in [1.807, 2.05) is 30.3 Å². The second-order valence-corrected chi connectivity index (χ2v) is 5.07. The molecule has 0 saturated carbocycles. The fourth-order valence-corrected chi connectivity index (χ4v) is 2.20. The van der Waals surface area contributed by atoms with Crippen molar-refractivity contribution < 1.29 is 14.7 Å². The Morgan fingerprint density at radius 3 is 2.59 bits per heavy atom. The number of hydrogen-bond acceptors (Lipinski definition) is 3. The van der Waals surface area contributed by atoms with E-state index >= 15 is 0 Å². The number of amides is 1. The van der Waals surface area contributed by atoms with Crippen LogP contribution in [0.1, 0.15) is 37.4 Å². The Morgan fingerprint density at radius 1 is 1.27 bits per heavy atom. The summed E-state index contributed by atoms with van der Waals surface area (Å²) in [5.74, 6) is -1.07. The lowest BCUT2D eigenvalue weighted by molar-refractivity contribution is -0.137. The SMILES string of the molecule is CC(C(=O)NC(CCC(=O)O)c1ccccc1)n1cccn1. The van der Waals surface area contributed by atoms with Gasteiger partial charge in [0.15, 0.2) is 0 Å². The van der Waals surface area contributed by atoms with Gasteiger partial charge in [0.1, 0.15) is 6.04 Å². The number of rotatable bonds is 7. The summed E-state index contributed by atoms with van der Waals surface area (Å²) < 4.78 is 1.56. The molecule has 22 heavy (non-hydrogen) atoms. The summed E-state index contributed by atoms with van der Waals surface area (Å²) in [6.07, 6.45) is 3.68. The van der Waals surface area contributed by atoms with Gasteiger partial charge in [-0.2, -0.15) is 5.10 Å². The molecule has 0 saturated heterocycles. The first kappa shape index (κ1) is 15.8. The van der Waals surface area contributed by atoms with E-state index in [0.29, 0.717) is 6.42 Å². The van der Waals surface area contributed by atoms with E-state index in [0.717, 1.165) is 5.56 Å². The lowest BCUT2D eigenvalue weighted by Gasteiger charge is -2.21. The number of nitrogens with zero attached hydrogens (tertiary/aromatic N) is 2. The van der Waals surface area contributed by atoms with Crippen molar-refractivity contribution in [2.45, 2.75) is 31.8 Å². The maximum absolute atomic E-state index is 12.4. The molecule has 2 aromatic rings. The predicted octanol–water partition coefficient (Wildman–Crippen LogP) is 2.17. The standard InChI is InChI=1S/C16H19N3O3/c1-12(19-11-5-10-17-19)16(22)18-14(8-9-15(20)21)13-6-3-2-4-7-13/h2-7,10-12,14H,8-9H2,1H3,(H,18,22)(H,20,21). The van der Waals surface area contributed by atoms with Gasteiger partial charge in [-0.15, -0.1) is 0 Å². The first-order valence-corrected chi connectivity index (χ1v) is 7.14. The maximum Gasteiger partial charge on any atom is 0.303 e. The molecule has 2 N–H and O–H groups in total. The Bertz CT molecular complexity index is 611. The number of hydrogen-bond donors (Lipinski definition) is 2. The fourth-order valence-electron chi connectivity index (χ4n) is 2.20. The van der Waals surface area contributed by atoms with Crippen LogP contribution >= 0.6 is 0 Å². The van der Waals surface area contributed by atoms with Gasteiger partial charge in [-0.25, -0.2) is 0 Å². The highest BCUT2D eigenvalue weighted by Crippen LogP contribution is 2.19. The van der Waals surface area contributed by atoms with Gasteiger partial charge in [0, 0.05) is 18.8 Å². The number of carbonyl (C=O) groups excluding carboxylic acids is 1. The lowest BCUT2D eigenvalue weighted by Crippen LogP contribution is -2.34. The van der Waals surface area contributed by atoms with Crippen LogP contribution in [0.3, 0.4) is 0 Å². The van der Waals surface area contributed by atoms with Gasteiger partial charge >= 0.3 is 5.97 Å². The molecule has 0 radical (unpaired) electrons. The normalized spacial score (nSPS) is 13.3. The van der Waals surface area contributed by atoms with E-state index in [4.69, 9.17) is 5.11 Å².